The number of imide groups is 1. The average Bonchev–Trinajstić information content (AvgIpc) is 2.97. The number of benzene rings is 1. The first-order valence-electron chi connectivity index (χ1n) is 9.66. The first-order valence-corrected chi connectivity index (χ1v) is 9.66. The van der Waals surface area contributed by atoms with Crippen LogP contribution < -0.4 is 16.4 Å². The molecule has 1 aliphatic carbocycles. The predicted octanol–water partition coefficient (Wildman–Crippen LogP) is 2.24. The Labute approximate surface area is 167 Å². The topological polar surface area (TPSA) is 87.5 Å². The molecular weight excluding hydrogens is 364 g/mol. The van der Waals surface area contributed by atoms with Gasteiger partial charge < -0.3 is 11.1 Å². The molecule has 4 atom stereocenters. The second kappa shape index (κ2) is 10.1. The lowest BCUT2D eigenvalue weighted by molar-refractivity contribution is -0.120. The van der Waals surface area contributed by atoms with Crippen LogP contribution in [0.4, 0.5) is 4.79 Å². The van der Waals surface area contributed by atoms with Crippen LogP contribution in [0.25, 0.3) is 0 Å². The fraction of sp³-hybridized carbons (Fsp3) is 0.600. The quantitative estimate of drug-likeness (QED) is 0.730. The van der Waals surface area contributed by atoms with Gasteiger partial charge in [-0.1, -0.05) is 50.1 Å². The number of urea groups is 1. The minimum absolute atomic E-state index is 0. The molecule has 150 valence electrons. The summed E-state index contributed by atoms with van der Waals surface area (Å²) in [5.41, 5.74) is 7.47. The molecule has 2 fully saturated rings. The third-order valence-electron chi connectivity index (χ3n) is 5.72. The van der Waals surface area contributed by atoms with Crippen molar-refractivity contribution in [2.75, 3.05) is 19.6 Å². The molecule has 1 aromatic rings. The molecule has 7 heteroatoms. The Bertz CT molecular complexity index is 628. The van der Waals surface area contributed by atoms with Gasteiger partial charge in [-0.3, -0.25) is 15.0 Å². The molecule has 1 heterocycles. The predicted molar refractivity (Wildman–Crippen MR) is 109 cm³/mol. The van der Waals surface area contributed by atoms with E-state index in [-0.39, 0.29) is 48.9 Å². The van der Waals surface area contributed by atoms with Crippen LogP contribution in [-0.2, 0) is 4.79 Å². The molecule has 3 amide bonds. The number of carbonyl (C=O) groups excluding carboxylic acids is 2. The van der Waals surface area contributed by atoms with E-state index in [1.807, 2.05) is 23.1 Å². The van der Waals surface area contributed by atoms with Crippen molar-refractivity contribution in [1.29, 1.82) is 0 Å². The first kappa shape index (κ1) is 21.7. The van der Waals surface area contributed by atoms with E-state index in [9.17, 15) is 9.59 Å². The van der Waals surface area contributed by atoms with Crippen LogP contribution in [0.5, 0.6) is 0 Å². The third-order valence-corrected chi connectivity index (χ3v) is 5.72. The highest BCUT2D eigenvalue weighted by molar-refractivity contribution is 5.95. The maximum atomic E-state index is 12.2. The summed E-state index contributed by atoms with van der Waals surface area (Å²) in [7, 11) is 0. The van der Waals surface area contributed by atoms with E-state index >= 15 is 0 Å². The van der Waals surface area contributed by atoms with Crippen molar-refractivity contribution in [3.05, 3.63) is 35.9 Å². The minimum Gasteiger partial charge on any atom is -0.335 e. The van der Waals surface area contributed by atoms with Crippen molar-refractivity contribution in [3.63, 3.8) is 0 Å². The molecule has 2 aliphatic rings. The summed E-state index contributed by atoms with van der Waals surface area (Å²) in [5, 5.41) is 5.43. The maximum absolute atomic E-state index is 12.2. The van der Waals surface area contributed by atoms with Crippen LogP contribution in [0.3, 0.4) is 0 Å². The van der Waals surface area contributed by atoms with Gasteiger partial charge in [-0.25, -0.2) is 4.79 Å². The number of nitrogens with one attached hydrogen (secondary N) is 2. The molecular formula is C20H31ClN4O2. The fourth-order valence-electron chi connectivity index (χ4n) is 4.20. The van der Waals surface area contributed by atoms with Gasteiger partial charge >= 0.3 is 6.03 Å². The standard InChI is InChI=1S/C20H30N4O2.ClH/c1-14-7-5-6-10-18(14)22-20(26)23-19(25)13-24-11-16(17(21)12-24)15-8-3-2-4-9-15;/h2-4,8-9,14,16-18H,5-7,10-13,21H2,1H3,(H2,22,23,25,26);1H/t14?,16-,17+,18?;/m0./s1. The highest BCUT2D eigenvalue weighted by Gasteiger charge is 2.32. The second-order valence-corrected chi connectivity index (χ2v) is 7.76. The molecule has 0 bridgehead atoms. The first-order chi connectivity index (χ1) is 12.5. The minimum atomic E-state index is -0.378. The Morgan fingerprint density at radius 3 is 2.56 bits per heavy atom. The van der Waals surface area contributed by atoms with Crippen molar-refractivity contribution in [1.82, 2.24) is 15.5 Å². The molecule has 0 spiro atoms. The zero-order valence-electron chi connectivity index (χ0n) is 15.9. The van der Waals surface area contributed by atoms with E-state index in [4.69, 9.17) is 5.73 Å². The molecule has 2 unspecified atom stereocenters. The summed E-state index contributed by atoms with van der Waals surface area (Å²) in [4.78, 5) is 26.4. The van der Waals surface area contributed by atoms with Crippen molar-refractivity contribution in [3.8, 4) is 0 Å². The molecule has 1 saturated carbocycles. The summed E-state index contributed by atoms with van der Waals surface area (Å²) in [6.07, 6.45) is 4.47. The maximum Gasteiger partial charge on any atom is 0.321 e. The average molecular weight is 395 g/mol. The summed E-state index contributed by atoms with van der Waals surface area (Å²) < 4.78 is 0. The molecule has 1 aliphatic heterocycles. The highest BCUT2D eigenvalue weighted by Crippen LogP contribution is 2.26. The molecule has 0 aromatic heterocycles. The monoisotopic (exact) mass is 394 g/mol. The van der Waals surface area contributed by atoms with E-state index in [0.717, 1.165) is 25.8 Å². The van der Waals surface area contributed by atoms with Crippen molar-refractivity contribution >= 4 is 24.3 Å². The Hall–Kier alpha value is -1.63. The number of nitrogens with zero attached hydrogens (tertiary/aromatic N) is 1. The zero-order chi connectivity index (χ0) is 18.5. The van der Waals surface area contributed by atoms with Crippen LogP contribution >= 0.6 is 12.4 Å². The summed E-state index contributed by atoms with van der Waals surface area (Å²) in [5.74, 6) is 0.417. The molecule has 0 radical (unpaired) electrons. The lowest BCUT2D eigenvalue weighted by Gasteiger charge is -2.29. The molecule has 27 heavy (non-hydrogen) atoms. The van der Waals surface area contributed by atoms with E-state index in [0.29, 0.717) is 12.5 Å². The third kappa shape index (κ3) is 5.92. The van der Waals surface area contributed by atoms with Gasteiger partial charge in [0.25, 0.3) is 0 Å². The van der Waals surface area contributed by atoms with Gasteiger partial charge in [0.15, 0.2) is 0 Å². The number of rotatable bonds is 4. The van der Waals surface area contributed by atoms with Gasteiger partial charge in [0.2, 0.25) is 5.91 Å². The van der Waals surface area contributed by atoms with Crippen molar-refractivity contribution in [2.45, 2.75) is 50.6 Å². The summed E-state index contributed by atoms with van der Waals surface area (Å²) >= 11 is 0. The Kier molecular flexibility index (Phi) is 8.07. The van der Waals surface area contributed by atoms with Crippen LogP contribution in [-0.4, -0.2) is 48.6 Å². The molecule has 4 N–H and O–H groups in total. The van der Waals surface area contributed by atoms with Crippen molar-refractivity contribution in [2.24, 2.45) is 11.7 Å². The molecule has 1 saturated heterocycles. The highest BCUT2D eigenvalue weighted by atomic mass is 35.5. The van der Waals surface area contributed by atoms with E-state index in [2.05, 4.69) is 29.7 Å². The normalized spacial score (nSPS) is 28.2. The molecule has 3 rings (SSSR count). The number of likely N-dealkylation sites (tertiary alicyclic amines) is 1. The SMILES string of the molecule is CC1CCCCC1NC(=O)NC(=O)CN1C[C@@H](N)[C@H](c2ccccc2)C1.Cl. The largest absolute Gasteiger partial charge is 0.335 e. The summed E-state index contributed by atoms with van der Waals surface area (Å²) in [6, 6.07) is 9.95. The number of nitrogens with two attached hydrogens (primary N) is 1. The van der Waals surface area contributed by atoms with Gasteiger partial charge in [0.1, 0.15) is 0 Å². The number of carbonyl (C=O) groups is 2. The van der Waals surface area contributed by atoms with Crippen LogP contribution in [0.1, 0.15) is 44.1 Å². The van der Waals surface area contributed by atoms with Gasteiger partial charge in [0, 0.05) is 31.1 Å². The van der Waals surface area contributed by atoms with Gasteiger partial charge in [-0.15, -0.1) is 12.4 Å². The van der Waals surface area contributed by atoms with E-state index < -0.39 is 0 Å². The summed E-state index contributed by atoms with van der Waals surface area (Å²) in [6.45, 7) is 3.75. The van der Waals surface area contributed by atoms with Crippen LogP contribution in [0.15, 0.2) is 30.3 Å². The van der Waals surface area contributed by atoms with Crippen LogP contribution in [0, 0.1) is 5.92 Å². The lowest BCUT2D eigenvalue weighted by atomic mass is 9.86. The number of hydrogen-bond donors (Lipinski definition) is 3. The van der Waals surface area contributed by atoms with Gasteiger partial charge in [0.05, 0.1) is 6.54 Å². The smallest absolute Gasteiger partial charge is 0.321 e. The van der Waals surface area contributed by atoms with E-state index in [1.165, 1.54) is 12.0 Å². The zero-order valence-corrected chi connectivity index (χ0v) is 16.7. The fourth-order valence-corrected chi connectivity index (χ4v) is 4.20. The molecule has 1 aromatic carbocycles. The van der Waals surface area contributed by atoms with Crippen molar-refractivity contribution < 1.29 is 9.59 Å². The number of amides is 3. The van der Waals surface area contributed by atoms with E-state index in [1.54, 1.807) is 0 Å². The number of halogens is 1. The Balaban J connectivity index is 0.00000261. The lowest BCUT2D eigenvalue weighted by Crippen LogP contribution is -2.49. The molecule has 6 nitrogen and oxygen atoms in total. The Morgan fingerprint density at radius 1 is 1.15 bits per heavy atom. The Morgan fingerprint density at radius 2 is 1.85 bits per heavy atom. The second-order valence-electron chi connectivity index (χ2n) is 7.76. The number of hydrogen-bond acceptors (Lipinski definition) is 4. The van der Waals surface area contributed by atoms with Gasteiger partial charge in [-0.2, -0.15) is 0 Å². The van der Waals surface area contributed by atoms with Crippen LogP contribution in [0.2, 0.25) is 0 Å². The van der Waals surface area contributed by atoms with Gasteiger partial charge in [-0.05, 0) is 24.3 Å².